The Bertz CT molecular complexity index is 609. The molecule has 1 aromatic heterocycles. The number of nitrogens with zero attached hydrogens (tertiary/aromatic N) is 2. The molecule has 5 N–H and O–H groups in total. The van der Waals surface area contributed by atoms with Gasteiger partial charge in [-0.25, -0.2) is 4.68 Å². The molecule has 94 valence electrons. The lowest BCUT2D eigenvalue weighted by atomic mass is 10.2. The van der Waals surface area contributed by atoms with Gasteiger partial charge in [0.1, 0.15) is 5.82 Å². The Kier molecular flexibility index (Phi) is 3.24. The molecule has 0 unspecified atom stereocenters. The molecule has 0 saturated carbocycles. The monoisotopic (exact) mass is 310 g/mol. The molecule has 0 radical (unpaired) electrons. The van der Waals surface area contributed by atoms with Crippen molar-refractivity contribution >= 4 is 33.5 Å². The second-order valence-electron chi connectivity index (χ2n) is 3.68. The summed E-state index contributed by atoms with van der Waals surface area (Å²) in [7, 11) is 0. The van der Waals surface area contributed by atoms with Crippen molar-refractivity contribution in [3.63, 3.8) is 0 Å². The van der Waals surface area contributed by atoms with Crippen molar-refractivity contribution in [3.05, 3.63) is 34.3 Å². The summed E-state index contributed by atoms with van der Waals surface area (Å²) in [5.74, 6) is -0.632. The Labute approximate surface area is 111 Å². The Hall–Kier alpha value is -2.02. The van der Waals surface area contributed by atoms with Gasteiger partial charge < -0.3 is 16.6 Å². The molecule has 18 heavy (non-hydrogen) atoms. The van der Waals surface area contributed by atoms with Crippen LogP contribution in [0, 0.1) is 0 Å². The normalized spacial score (nSPS) is 10.5. The topological polar surface area (TPSA) is 107 Å². The maximum Gasteiger partial charge on any atom is 0.308 e. The highest BCUT2D eigenvalue weighted by atomic mass is 79.9. The van der Waals surface area contributed by atoms with Gasteiger partial charge in [-0.15, -0.1) is 5.10 Å². The number of benzene rings is 1. The minimum Gasteiger partial charge on any atom is -0.481 e. The molecule has 6 nitrogen and oxygen atoms in total. The number of carboxylic acid groups (broad SMARTS) is 1. The molecule has 0 aliphatic rings. The minimum atomic E-state index is -1.000. The van der Waals surface area contributed by atoms with Crippen molar-refractivity contribution in [2.45, 2.75) is 6.42 Å². The van der Waals surface area contributed by atoms with Crippen LogP contribution in [0.1, 0.15) is 5.56 Å². The van der Waals surface area contributed by atoms with Gasteiger partial charge >= 0.3 is 5.97 Å². The summed E-state index contributed by atoms with van der Waals surface area (Å²) in [6.45, 7) is 0. The van der Waals surface area contributed by atoms with E-state index in [1.807, 2.05) is 18.2 Å². The number of carbonyl (C=O) groups is 1. The van der Waals surface area contributed by atoms with Gasteiger partial charge in [-0.1, -0.05) is 12.1 Å². The van der Waals surface area contributed by atoms with Crippen LogP contribution in [0.2, 0.25) is 0 Å². The van der Waals surface area contributed by atoms with Crippen molar-refractivity contribution < 1.29 is 9.90 Å². The number of para-hydroxylation sites is 1. The maximum atomic E-state index is 10.7. The standard InChI is InChI=1S/C11H11BrN4O2/c12-7-3-1-2-4-8(7)16-11(14)6(5-9(17)18)10(13)15-16/h1-4H,5,14H2,(H2,13,15)(H,17,18). The van der Waals surface area contributed by atoms with E-state index in [4.69, 9.17) is 16.6 Å². The fourth-order valence-corrected chi connectivity index (χ4v) is 2.07. The van der Waals surface area contributed by atoms with Crippen LogP contribution in [0.5, 0.6) is 0 Å². The van der Waals surface area contributed by atoms with Crippen LogP contribution in [-0.2, 0) is 11.2 Å². The third-order valence-corrected chi connectivity index (χ3v) is 3.13. The number of nitrogen functional groups attached to an aromatic ring is 2. The number of rotatable bonds is 3. The Morgan fingerprint density at radius 2 is 2.06 bits per heavy atom. The zero-order valence-corrected chi connectivity index (χ0v) is 10.9. The second-order valence-corrected chi connectivity index (χ2v) is 4.54. The van der Waals surface area contributed by atoms with E-state index in [9.17, 15) is 4.79 Å². The predicted octanol–water partition coefficient (Wildman–Crippen LogP) is 1.43. The first-order valence-corrected chi connectivity index (χ1v) is 5.89. The van der Waals surface area contributed by atoms with Crippen molar-refractivity contribution in [1.82, 2.24) is 9.78 Å². The largest absolute Gasteiger partial charge is 0.481 e. The molecular formula is C11H11BrN4O2. The summed E-state index contributed by atoms with van der Waals surface area (Å²) >= 11 is 3.38. The number of anilines is 2. The summed E-state index contributed by atoms with van der Waals surface area (Å²) in [6, 6.07) is 7.32. The second kappa shape index (κ2) is 4.69. The lowest BCUT2D eigenvalue weighted by molar-refractivity contribution is -0.136. The first-order chi connectivity index (χ1) is 8.50. The van der Waals surface area contributed by atoms with Crippen molar-refractivity contribution in [3.8, 4) is 5.69 Å². The van der Waals surface area contributed by atoms with Crippen molar-refractivity contribution in [2.75, 3.05) is 11.5 Å². The van der Waals surface area contributed by atoms with Gasteiger partial charge in [-0.05, 0) is 28.1 Å². The molecule has 0 aliphatic carbocycles. The van der Waals surface area contributed by atoms with E-state index in [-0.39, 0.29) is 18.1 Å². The van der Waals surface area contributed by atoms with Crippen LogP contribution in [-0.4, -0.2) is 20.9 Å². The predicted molar refractivity (Wildman–Crippen MR) is 71.4 cm³/mol. The molecule has 0 spiro atoms. The number of aliphatic carboxylic acids is 1. The fraction of sp³-hybridized carbons (Fsp3) is 0.0909. The molecular weight excluding hydrogens is 300 g/mol. The van der Waals surface area contributed by atoms with Crippen molar-refractivity contribution in [2.24, 2.45) is 0 Å². The summed E-state index contributed by atoms with van der Waals surface area (Å²) in [5, 5.41) is 12.9. The smallest absolute Gasteiger partial charge is 0.308 e. The molecule has 0 saturated heterocycles. The van der Waals surface area contributed by atoms with Gasteiger partial charge in [0.25, 0.3) is 0 Å². The number of hydrogen-bond acceptors (Lipinski definition) is 4. The van der Waals surface area contributed by atoms with Gasteiger partial charge in [-0.2, -0.15) is 0 Å². The van der Waals surface area contributed by atoms with Crippen LogP contribution < -0.4 is 11.5 Å². The van der Waals surface area contributed by atoms with Crippen LogP contribution in [0.15, 0.2) is 28.7 Å². The van der Waals surface area contributed by atoms with E-state index in [2.05, 4.69) is 21.0 Å². The lowest BCUT2D eigenvalue weighted by Crippen LogP contribution is -2.06. The summed E-state index contributed by atoms with van der Waals surface area (Å²) in [5.41, 5.74) is 12.6. The number of nitrogens with two attached hydrogens (primary N) is 2. The third kappa shape index (κ3) is 2.17. The molecule has 0 fully saturated rings. The molecule has 0 bridgehead atoms. The molecule has 1 heterocycles. The Morgan fingerprint density at radius 3 is 2.67 bits per heavy atom. The van der Waals surface area contributed by atoms with E-state index >= 15 is 0 Å². The van der Waals surface area contributed by atoms with Crippen LogP contribution in [0.25, 0.3) is 5.69 Å². The summed E-state index contributed by atoms with van der Waals surface area (Å²) < 4.78 is 2.22. The van der Waals surface area contributed by atoms with Crippen LogP contribution in [0.4, 0.5) is 11.6 Å². The highest BCUT2D eigenvalue weighted by Crippen LogP contribution is 2.27. The van der Waals surface area contributed by atoms with Crippen LogP contribution >= 0.6 is 15.9 Å². The number of aromatic nitrogens is 2. The van der Waals surface area contributed by atoms with Gasteiger partial charge in [0.05, 0.1) is 12.1 Å². The number of carboxylic acids is 1. The minimum absolute atomic E-state index is 0.130. The van der Waals surface area contributed by atoms with Gasteiger partial charge in [0.2, 0.25) is 0 Å². The Balaban J connectivity index is 2.54. The first kappa shape index (κ1) is 12.4. The average molecular weight is 311 g/mol. The Morgan fingerprint density at radius 1 is 1.39 bits per heavy atom. The lowest BCUT2D eigenvalue weighted by Gasteiger charge is -2.06. The number of hydrogen-bond donors (Lipinski definition) is 3. The van der Waals surface area contributed by atoms with E-state index in [1.54, 1.807) is 6.07 Å². The molecule has 0 atom stereocenters. The van der Waals surface area contributed by atoms with E-state index in [0.717, 1.165) is 4.47 Å². The molecule has 7 heteroatoms. The first-order valence-electron chi connectivity index (χ1n) is 5.10. The summed E-state index contributed by atoms with van der Waals surface area (Å²) in [4.78, 5) is 10.7. The van der Waals surface area contributed by atoms with Gasteiger partial charge in [0, 0.05) is 10.0 Å². The molecule has 0 amide bonds. The highest BCUT2D eigenvalue weighted by molar-refractivity contribution is 9.10. The van der Waals surface area contributed by atoms with E-state index in [1.165, 1.54) is 4.68 Å². The quantitative estimate of drug-likeness (QED) is 0.795. The average Bonchev–Trinajstić information content (AvgIpc) is 2.57. The molecule has 2 aromatic rings. The third-order valence-electron chi connectivity index (χ3n) is 2.46. The zero-order chi connectivity index (χ0) is 13.3. The number of halogens is 1. The van der Waals surface area contributed by atoms with E-state index < -0.39 is 5.97 Å². The fourth-order valence-electron chi connectivity index (χ4n) is 1.62. The highest BCUT2D eigenvalue weighted by Gasteiger charge is 2.17. The van der Waals surface area contributed by atoms with Crippen LogP contribution in [0.3, 0.4) is 0 Å². The molecule has 2 rings (SSSR count). The van der Waals surface area contributed by atoms with Gasteiger partial charge in [-0.3, -0.25) is 4.79 Å². The van der Waals surface area contributed by atoms with Gasteiger partial charge in [0.15, 0.2) is 5.82 Å². The molecule has 1 aromatic carbocycles. The van der Waals surface area contributed by atoms with Crippen molar-refractivity contribution in [1.29, 1.82) is 0 Å². The van der Waals surface area contributed by atoms with E-state index in [0.29, 0.717) is 11.3 Å². The molecule has 0 aliphatic heterocycles. The SMILES string of the molecule is Nc1nn(-c2ccccc2Br)c(N)c1CC(=O)O. The maximum absolute atomic E-state index is 10.7. The summed E-state index contributed by atoms with van der Waals surface area (Å²) in [6.07, 6.45) is -0.248. The zero-order valence-electron chi connectivity index (χ0n) is 9.30.